The molecule has 0 aromatic heterocycles. The molecule has 218 valence electrons. The minimum absolute atomic E-state index is 0.0275. The monoisotopic (exact) mass is 558 g/mol. The van der Waals surface area contributed by atoms with Crippen LogP contribution in [0.1, 0.15) is 77.1 Å². The van der Waals surface area contributed by atoms with Gasteiger partial charge in [0.15, 0.2) is 0 Å². The summed E-state index contributed by atoms with van der Waals surface area (Å²) in [7, 11) is 0. The summed E-state index contributed by atoms with van der Waals surface area (Å²) in [4.78, 5) is 28.4. The third kappa shape index (κ3) is 9.54. The van der Waals surface area contributed by atoms with Crippen LogP contribution < -0.4 is 9.47 Å². The molecule has 0 saturated heterocycles. The highest BCUT2D eigenvalue weighted by molar-refractivity contribution is 5.43. The lowest BCUT2D eigenvalue weighted by atomic mass is 9.78. The first-order valence-electron chi connectivity index (χ1n) is 13.8. The topological polar surface area (TPSA) is 97.6 Å². The molecule has 1 N–H and O–H groups in total. The van der Waals surface area contributed by atoms with E-state index in [4.69, 9.17) is 14.6 Å². The van der Waals surface area contributed by atoms with E-state index in [-0.39, 0.29) is 12.0 Å². The third-order valence-corrected chi connectivity index (χ3v) is 6.91. The van der Waals surface area contributed by atoms with E-state index in [0.29, 0.717) is 6.61 Å². The lowest BCUT2D eigenvalue weighted by Crippen LogP contribution is -2.18. The Bertz CT molecular complexity index is 1230. The summed E-state index contributed by atoms with van der Waals surface area (Å²) in [6, 6.07) is 23.9. The Morgan fingerprint density at radius 3 is 1.44 bits per heavy atom. The van der Waals surface area contributed by atoms with Crippen LogP contribution in [0.15, 0.2) is 82.8 Å². The van der Waals surface area contributed by atoms with Crippen LogP contribution in [0.5, 0.6) is 11.5 Å². The second-order valence-corrected chi connectivity index (χ2v) is 11.2. The Morgan fingerprint density at radius 1 is 0.659 bits per heavy atom. The van der Waals surface area contributed by atoms with Crippen molar-refractivity contribution in [2.45, 2.75) is 71.4 Å². The first-order chi connectivity index (χ1) is 19.4. The van der Waals surface area contributed by atoms with Crippen LogP contribution in [0.3, 0.4) is 0 Å². The number of isocyanates is 2. The molecular formula is C34H42N2O5. The van der Waals surface area contributed by atoms with Crippen LogP contribution >= 0.6 is 0 Å². The molecule has 0 spiro atoms. The van der Waals surface area contributed by atoms with Gasteiger partial charge in [0.05, 0.1) is 24.3 Å². The lowest BCUT2D eigenvalue weighted by molar-refractivity contribution is 0.201. The van der Waals surface area contributed by atoms with E-state index in [9.17, 15) is 9.59 Å². The van der Waals surface area contributed by atoms with Gasteiger partial charge in [0.25, 0.3) is 0 Å². The van der Waals surface area contributed by atoms with E-state index in [1.54, 1.807) is 12.2 Å². The van der Waals surface area contributed by atoms with E-state index >= 15 is 0 Å². The number of nitrogens with zero attached hydrogens (tertiary/aromatic N) is 2. The number of carbonyl (C=O) groups excluding carboxylic acids is 2. The zero-order valence-electron chi connectivity index (χ0n) is 25.2. The van der Waals surface area contributed by atoms with Crippen LogP contribution in [0, 0.1) is 0 Å². The predicted molar refractivity (Wildman–Crippen MR) is 162 cm³/mol. The minimum atomic E-state index is -0.640. The van der Waals surface area contributed by atoms with Crippen molar-refractivity contribution in [1.29, 1.82) is 0 Å². The van der Waals surface area contributed by atoms with Crippen LogP contribution in [0.2, 0.25) is 0 Å². The van der Waals surface area contributed by atoms with Gasteiger partial charge in [-0.1, -0.05) is 69.3 Å². The Balaban J connectivity index is 0.000000296. The minimum Gasteiger partial charge on any atom is -0.494 e. The van der Waals surface area contributed by atoms with E-state index in [1.807, 2.05) is 76.2 Å². The Morgan fingerprint density at radius 2 is 1.07 bits per heavy atom. The Kier molecular flexibility index (Phi) is 12.2. The maximum atomic E-state index is 10.4. The summed E-state index contributed by atoms with van der Waals surface area (Å²) < 4.78 is 11.1. The first-order valence-corrected chi connectivity index (χ1v) is 13.8. The van der Waals surface area contributed by atoms with E-state index < -0.39 is 11.1 Å². The third-order valence-electron chi connectivity index (χ3n) is 6.91. The largest absolute Gasteiger partial charge is 0.494 e. The van der Waals surface area contributed by atoms with Crippen molar-refractivity contribution >= 4 is 12.2 Å². The summed E-state index contributed by atoms with van der Waals surface area (Å²) in [5, 5.41) is 8.80. The summed E-state index contributed by atoms with van der Waals surface area (Å²) in [6.45, 7) is 14.9. The molecule has 0 heterocycles. The van der Waals surface area contributed by atoms with Crippen molar-refractivity contribution < 1.29 is 24.2 Å². The second kappa shape index (κ2) is 15.1. The normalized spacial score (nSPS) is 11.3. The molecule has 0 aliphatic heterocycles. The zero-order chi connectivity index (χ0) is 30.5. The summed E-state index contributed by atoms with van der Waals surface area (Å²) >= 11 is 0. The maximum absolute atomic E-state index is 10.4. The predicted octanol–water partition coefficient (Wildman–Crippen LogP) is 7.00. The quantitative estimate of drug-likeness (QED) is 0.191. The molecule has 7 heteroatoms. The van der Waals surface area contributed by atoms with Gasteiger partial charge in [-0.15, -0.1) is 0 Å². The van der Waals surface area contributed by atoms with Crippen molar-refractivity contribution in [3.05, 3.63) is 95.1 Å². The van der Waals surface area contributed by atoms with Crippen LogP contribution in [0.4, 0.5) is 0 Å². The summed E-state index contributed by atoms with van der Waals surface area (Å²) in [6.07, 6.45) is 4.17. The van der Waals surface area contributed by atoms with Crippen LogP contribution in [-0.4, -0.2) is 37.1 Å². The molecule has 7 nitrogen and oxygen atoms in total. The number of ether oxygens (including phenoxy) is 2. The number of hydrogen-bond acceptors (Lipinski definition) is 7. The molecule has 3 aromatic carbocycles. The van der Waals surface area contributed by atoms with Gasteiger partial charge in [0, 0.05) is 5.41 Å². The molecule has 3 aromatic rings. The molecular weight excluding hydrogens is 516 g/mol. The molecule has 0 radical (unpaired) electrons. The molecule has 0 atom stereocenters. The standard InChI is InChI=1S/C20H26O3.C14H16N2O2/c1-4-14-22-18-9-5-16(6-10-18)20(2,3)17-7-11-19(12-8-17)23-15-13-21;1-13(2,15-9-17)11-6-5-7-12(8-11)14(3,4)16-10-18/h5-12,21H,4,13-15H2,1-3H3;5-8H,1-4H3. The van der Waals surface area contributed by atoms with Crippen molar-refractivity contribution in [1.82, 2.24) is 0 Å². The fourth-order valence-electron chi connectivity index (χ4n) is 4.12. The molecule has 3 rings (SSSR count). The van der Waals surface area contributed by atoms with Crippen molar-refractivity contribution in [3.63, 3.8) is 0 Å². The Hall–Kier alpha value is -4.02. The first kappa shape index (κ1) is 33.2. The maximum Gasteiger partial charge on any atom is 0.235 e. The van der Waals surface area contributed by atoms with Crippen LogP contribution in [-0.2, 0) is 26.1 Å². The summed E-state index contributed by atoms with van der Waals surface area (Å²) in [5.41, 5.74) is 2.83. The van der Waals surface area contributed by atoms with Gasteiger partial charge in [-0.25, -0.2) is 9.59 Å². The fraction of sp³-hybridized carbons (Fsp3) is 0.412. The molecule has 0 unspecified atom stereocenters. The molecule has 0 aliphatic carbocycles. The number of rotatable bonds is 12. The van der Waals surface area contributed by atoms with E-state index in [0.717, 1.165) is 35.7 Å². The average molecular weight is 559 g/mol. The van der Waals surface area contributed by atoms with Gasteiger partial charge in [-0.2, -0.15) is 9.98 Å². The van der Waals surface area contributed by atoms with Crippen molar-refractivity contribution in [2.24, 2.45) is 9.98 Å². The summed E-state index contributed by atoms with van der Waals surface area (Å²) in [5.74, 6) is 1.70. The van der Waals surface area contributed by atoms with Crippen LogP contribution in [0.25, 0.3) is 0 Å². The number of benzene rings is 3. The van der Waals surface area contributed by atoms with E-state index in [2.05, 4.69) is 55.0 Å². The highest BCUT2D eigenvalue weighted by Crippen LogP contribution is 2.33. The second-order valence-electron chi connectivity index (χ2n) is 11.2. The van der Waals surface area contributed by atoms with Gasteiger partial charge in [-0.3, -0.25) is 0 Å². The smallest absolute Gasteiger partial charge is 0.235 e. The number of aliphatic hydroxyl groups excluding tert-OH is 1. The lowest BCUT2D eigenvalue weighted by Gasteiger charge is -2.26. The fourth-order valence-corrected chi connectivity index (χ4v) is 4.12. The number of hydrogen-bond donors (Lipinski definition) is 1. The molecule has 0 fully saturated rings. The zero-order valence-corrected chi connectivity index (χ0v) is 25.2. The molecule has 0 saturated carbocycles. The van der Waals surface area contributed by atoms with Gasteiger partial charge in [-0.05, 0) is 80.6 Å². The van der Waals surface area contributed by atoms with E-state index in [1.165, 1.54) is 11.1 Å². The molecule has 0 amide bonds. The van der Waals surface area contributed by atoms with Crippen molar-refractivity contribution in [2.75, 3.05) is 19.8 Å². The number of aliphatic imine (C=N–C) groups is 2. The van der Waals surface area contributed by atoms with Gasteiger partial charge < -0.3 is 14.6 Å². The van der Waals surface area contributed by atoms with Gasteiger partial charge >= 0.3 is 0 Å². The molecule has 0 aliphatic rings. The highest BCUT2D eigenvalue weighted by atomic mass is 16.5. The van der Waals surface area contributed by atoms with Gasteiger partial charge in [0.1, 0.15) is 18.1 Å². The molecule has 0 bridgehead atoms. The highest BCUT2D eigenvalue weighted by Gasteiger charge is 2.25. The average Bonchev–Trinajstić information content (AvgIpc) is 2.96. The SMILES string of the molecule is CC(C)(N=C=O)c1cccc(C(C)(C)N=C=O)c1.CCCOc1ccc(C(C)(C)c2ccc(OCCO)cc2)cc1. The van der Waals surface area contributed by atoms with Gasteiger partial charge in [0.2, 0.25) is 12.2 Å². The number of aliphatic hydroxyl groups is 1. The molecule has 41 heavy (non-hydrogen) atoms. The van der Waals surface area contributed by atoms with Crippen molar-refractivity contribution in [3.8, 4) is 11.5 Å². The Labute approximate surface area is 244 Å².